The Morgan fingerprint density at radius 1 is 1.10 bits per heavy atom. The van der Waals surface area contributed by atoms with Gasteiger partial charge in [0.1, 0.15) is 5.75 Å². The van der Waals surface area contributed by atoms with Crippen LogP contribution in [-0.2, 0) is 6.54 Å². The van der Waals surface area contributed by atoms with E-state index >= 15 is 0 Å². The lowest BCUT2D eigenvalue weighted by Crippen LogP contribution is -2.36. The van der Waals surface area contributed by atoms with Gasteiger partial charge in [0, 0.05) is 41.8 Å². The van der Waals surface area contributed by atoms with Gasteiger partial charge in [-0.3, -0.25) is 9.69 Å². The highest BCUT2D eigenvalue weighted by molar-refractivity contribution is 6.30. The van der Waals surface area contributed by atoms with E-state index in [9.17, 15) is 4.79 Å². The second-order valence-electron chi connectivity index (χ2n) is 7.60. The van der Waals surface area contributed by atoms with E-state index in [4.69, 9.17) is 16.3 Å². The van der Waals surface area contributed by atoms with Crippen LogP contribution < -0.4 is 10.1 Å². The summed E-state index contributed by atoms with van der Waals surface area (Å²) in [5.74, 6) is 0.814. The molecule has 0 aromatic heterocycles. The average molecular weight is 421 g/mol. The molecule has 1 aliphatic rings. The highest BCUT2D eigenvalue weighted by Gasteiger charge is 2.24. The minimum atomic E-state index is -0.0643. The van der Waals surface area contributed by atoms with Gasteiger partial charge in [-0.25, -0.2) is 0 Å². The van der Waals surface area contributed by atoms with Crippen molar-refractivity contribution in [3.63, 3.8) is 0 Å². The van der Waals surface area contributed by atoms with E-state index in [1.165, 1.54) is 5.56 Å². The van der Waals surface area contributed by atoms with Gasteiger partial charge in [-0.2, -0.15) is 0 Å². The molecule has 0 aliphatic carbocycles. The molecule has 1 amide bonds. The predicted molar refractivity (Wildman–Crippen MR) is 121 cm³/mol. The predicted octanol–water partition coefficient (Wildman–Crippen LogP) is 5.02. The van der Waals surface area contributed by atoms with Crippen LogP contribution in [0.15, 0.2) is 72.8 Å². The summed E-state index contributed by atoms with van der Waals surface area (Å²) in [6.45, 7) is 2.69. The first-order valence-electron chi connectivity index (χ1n) is 10.1. The standard InChI is InChI=1S/C25H25ClN2O2/c1-30-24-8-3-2-7-23(24)19-11-9-18(10-12-19)16-28-14-13-22(17-28)27-25(29)20-5-4-6-21(26)15-20/h2-12,15,22H,13-14,16-17H2,1H3,(H,27,29). The maximum atomic E-state index is 12.4. The monoisotopic (exact) mass is 420 g/mol. The average Bonchev–Trinajstić information content (AvgIpc) is 3.21. The second kappa shape index (κ2) is 9.33. The quantitative estimate of drug-likeness (QED) is 0.608. The van der Waals surface area contributed by atoms with Gasteiger partial charge in [0.2, 0.25) is 0 Å². The van der Waals surface area contributed by atoms with Crippen LogP contribution in [-0.4, -0.2) is 37.0 Å². The number of nitrogens with one attached hydrogen (secondary N) is 1. The SMILES string of the molecule is COc1ccccc1-c1ccc(CN2CCC(NC(=O)c3cccc(Cl)c3)C2)cc1. The lowest BCUT2D eigenvalue weighted by Gasteiger charge is -2.17. The molecule has 1 N–H and O–H groups in total. The zero-order valence-electron chi connectivity index (χ0n) is 17.0. The number of carbonyl (C=O) groups excluding carboxylic acids is 1. The van der Waals surface area contributed by atoms with Crippen molar-refractivity contribution in [2.75, 3.05) is 20.2 Å². The van der Waals surface area contributed by atoms with E-state index in [0.717, 1.165) is 42.9 Å². The van der Waals surface area contributed by atoms with Crippen LogP contribution in [0.1, 0.15) is 22.3 Å². The minimum Gasteiger partial charge on any atom is -0.496 e. The van der Waals surface area contributed by atoms with E-state index in [2.05, 4.69) is 40.5 Å². The summed E-state index contributed by atoms with van der Waals surface area (Å²) in [5.41, 5.74) is 4.10. The molecule has 1 atom stereocenters. The normalized spacial score (nSPS) is 16.4. The van der Waals surface area contributed by atoms with Crippen LogP contribution in [0.2, 0.25) is 5.02 Å². The fourth-order valence-corrected chi connectivity index (χ4v) is 4.11. The van der Waals surface area contributed by atoms with Crippen LogP contribution in [0.3, 0.4) is 0 Å². The number of para-hydroxylation sites is 1. The number of hydrogen-bond acceptors (Lipinski definition) is 3. The number of ether oxygens (including phenoxy) is 1. The van der Waals surface area contributed by atoms with Gasteiger partial charge >= 0.3 is 0 Å². The number of halogens is 1. The van der Waals surface area contributed by atoms with Gasteiger partial charge in [-0.1, -0.05) is 60.1 Å². The Hall–Kier alpha value is -2.82. The second-order valence-corrected chi connectivity index (χ2v) is 8.04. The highest BCUT2D eigenvalue weighted by Crippen LogP contribution is 2.29. The Morgan fingerprint density at radius 3 is 2.67 bits per heavy atom. The van der Waals surface area contributed by atoms with Gasteiger partial charge in [-0.05, 0) is 41.8 Å². The minimum absolute atomic E-state index is 0.0643. The van der Waals surface area contributed by atoms with Crippen LogP contribution in [0.5, 0.6) is 5.75 Å². The molecule has 154 valence electrons. The topological polar surface area (TPSA) is 41.6 Å². The number of benzene rings is 3. The molecule has 3 aromatic carbocycles. The van der Waals surface area contributed by atoms with Gasteiger partial charge in [0.25, 0.3) is 5.91 Å². The number of nitrogens with zero attached hydrogens (tertiary/aromatic N) is 1. The summed E-state index contributed by atoms with van der Waals surface area (Å²) in [7, 11) is 1.70. The van der Waals surface area contributed by atoms with Crippen LogP contribution in [0.25, 0.3) is 11.1 Å². The van der Waals surface area contributed by atoms with Crippen molar-refractivity contribution >= 4 is 17.5 Å². The summed E-state index contributed by atoms with van der Waals surface area (Å²) in [5, 5.41) is 3.70. The molecule has 5 heteroatoms. The lowest BCUT2D eigenvalue weighted by molar-refractivity contribution is 0.0937. The molecular weight excluding hydrogens is 396 g/mol. The Morgan fingerprint density at radius 2 is 1.90 bits per heavy atom. The van der Waals surface area contributed by atoms with Crippen molar-refractivity contribution in [1.82, 2.24) is 10.2 Å². The Labute approximate surface area is 182 Å². The van der Waals surface area contributed by atoms with Gasteiger partial charge in [0.15, 0.2) is 0 Å². The zero-order valence-corrected chi connectivity index (χ0v) is 17.7. The van der Waals surface area contributed by atoms with Crippen molar-refractivity contribution in [2.24, 2.45) is 0 Å². The summed E-state index contributed by atoms with van der Waals surface area (Å²) in [6.07, 6.45) is 0.950. The third-order valence-corrected chi connectivity index (χ3v) is 5.71. The first-order valence-corrected chi connectivity index (χ1v) is 10.5. The third kappa shape index (κ3) is 4.84. The molecule has 1 heterocycles. The molecule has 30 heavy (non-hydrogen) atoms. The Bertz CT molecular complexity index is 1020. The Balaban J connectivity index is 1.34. The van der Waals surface area contributed by atoms with E-state index in [1.807, 2.05) is 18.2 Å². The van der Waals surface area contributed by atoms with E-state index in [1.54, 1.807) is 31.4 Å². The molecule has 1 aliphatic heterocycles. The highest BCUT2D eigenvalue weighted by atomic mass is 35.5. The zero-order chi connectivity index (χ0) is 20.9. The molecular formula is C25H25ClN2O2. The Kier molecular flexibility index (Phi) is 6.36. The molecule has 0 spiro atoms. The van der Waals surface area contributed by atoms with Crippen LogP contribution >= 0.6 is 11.6 Å². The molecule has 0 radical (unpaired) electrons. The summed E-state index contributed by atoms with van der Waals surface area (Å²) in [6, 6.07) is 23.9. The van der Waals surface area contributed by atoms with Gasteiger partial charge in [0.05, 0.1) is 7.11 Å². The van der Waals surface area contributed by atoms with Crippen molar-refractivity contribution in [2.45, 2.75) is 19.0 Å². The summed E-state index contributed by atoms with van der Waals surface area (Å²) in [4.78, 5) is 14.8. The fourth-order valence-electron chi connectivity index (χ4n) is 3.92. The molecule has 3 aromatic rings. The van der Waals surface area contributed by atoms with Crippen molar-refractivity contribution < 1.29 is 9.53 Å². The first-order chi connectivity index (χ1) is 14.6. The molecule has 0 saturated carbocycles. The van der Waals surface area contributed by atoms with Crippen molar-refractivity contribution in [1.29, 1.82) is 0 Å². The van der Waals surface area contributed by atoms with Gasteiger partial charge < -0.3 is 10.1 Å². The number of likely N-dealkylation sites (tertiary alicyclic amines) is 1. The number of rotatable bonds is 6. The molecule has 1 unspecified atom stereocenters. The maximum Gasteiger partial charge on any atom is 0.251 e. The number of carbonyl (C=O) groups is 1. The number of methoxy groups -OCH3 is 1. The largest absolute Gasteiger partial charge is 0.496 e. The van der Waals surface area contributed by atoms with E-state index in [-0.39, 0.29) is 11.9 Å². The molecule has 1 saturated heterocycles. The molecule has 1 fully saturated rings. The third-order valence-electron chi connectivity index (χ3n) is 5.47. The summed E-state index contributed by atoms with van der Waals surface area (Å²) < 4.78 is 5.47. The summed E-state index contributed by atoms with van der Waals surface area (Å²) >= 11 is 5.99. The fraction of sp³-hybridized carbons (Fsp3) is 0.240. The van der Waals surface area contributed by atoms with E-state index in [0.29, 0.717) is 10.6 Å². The number of hydrogen-bond donors (Lipinski definition) is 1. The van der Waals surface area contributed by atoms with Crippen molar-refractivity contribution in [3.05, 3.63) is 88.9 Å². The maximum absolute atomic E-state index is 12.4. The van der Waals surface area contributed by atoms with E-state index < -0.39 is 0 Å². The number of amides is 1. The lowest BCUT2D eigenvalue weighted by atomic mass is 10.0. The van der Waals surface area contributed by atoms with Gasteiger partial charge in [-0.15, -0.1) is 0 Å². The van der Waals surface area contributed by atoms with Crippen molar-refractivity contribution in [3.8, 4) is 16.9 Å². The first kappa shape index (κ1) is 20.5. The van der Waals surface area contributed by atoms with Crippen LogP contribution in [0.4, 0.5) is 0 Å². The smallest absolute Gasteiger partial charge is 0.251 e. The molecule has 4 rings (SSSR count). The molecule has 0 bridgehead atoms. The molecule has 4 nitrogen and oxygen atoms in total. The van der Waals surface area contributed by atoms with Crippen LogP contribution in [0, 0.1) is 0 Å².